The fraction of sp³-hybridized carbons (Fsp3) is 0.727. The van der Waals surface area contributed by atoms with Crippen molar-refractivity contribution in [2.45, 2.75) is 64.7 Å². The molecule has 1 unspecified atom stereocenters. The Morgan fingerprint density at radius 3 is 2.42 bits per heavy atom. The second-order valence-electron chi connectivity index (χ2n) is 8.37. The van der Waals surface area contributed by atoms with Crippen LogP contribution in [0.25, 0.3) is 0 Å². The molecule has 3 aliphatic heterocycles. The van der Waals surface area contributed by atoms with Crippen LogP contribution in [0.4, 0.5) is 0 Å². The second-order valence-corrected chi connectivity index (χ2v) is 8.81. The monoisotopic (exact) mass is 348 g/mol. The van der Waals surface area contributed by atoms with Crippen LogP contribution in [0.15, 0.2) is 24.3 Å². The summed E-state index contributed by atoms with van der Waals surface area (Å²) in [5.74, 6) is 1.97. The first-order chi connectivity index (χ1) is 11.7. The summed E-state index contributed by atoms with van der Waals surface area (Å²) in [5.41, 5.74) is 1.46. The number of nitrogens with zero attached hydrogens (tertiary/aromatic N) is 1. The zero-order valence-corrected chi connectivity index (χ0v) is 16.2. The van der Waals surface area contributed by atoms with E-state index < -0.39 is 0 Å². The lowest BCUT2D eigenvalue weighted by molar-refractivity contribution is -0.947. The first-order valence-corrected chi connectivity index (χ1v) is 10.7. The zero-order valence-electron chi connectivity index (χ0n) is 15.5. The molecule has 0 saturated carbocycles. The first-order valence-electron chi connectivity index (χ1n) is 10.3. The molecule has 0 aliphatic carbocycles. The number of rotatable bonds is 9. The molecule has 0 N–H and O–H groups in total. The minimum absolute atomic E-state index is 0.856. The molecule has 1 atom stereocenters. The molecule has 1 aromatic carbocycles. The van der Waals surface area contributed by atoms with Crippen molar-refractivity contribution in [1.29, 1.82) is 0 Å². The van der Waals surface area contributed by atoms with Crippen LogP contribution in [0.5, 0.6) is 0 Å². The summed E-state index contributed by atoms with van der Waals surface area (Å²) in [7, 11) is 0. The number of piperidine rings is 3. The molecule has 4 rings (SSSR count). The van der Waals surface area contributed by atoms with Gasteiger partial charge in [-0.05, 0) is 49.3 Å². The predicted molar refractivity (Wildman–Crippen MR) is 104 cm³/mol. The molecule has 24 heavy (non-hydrogen) atoms. The van der Waals surface area contributed by atoms with Crippen molar-refractivity contribution in [3.63, 3.8) is 0 Å². The van der Waals surface area contributed by atoms with Crippen molar-refractivity contribution in [1.82, 2.24) is 0 Å². The number of halogens is 1. The highest BCUT2D eigenvalue weighted by Gasteiger charge is 2.44. The number of hydrogen-bond acceptors (Lipinski definition) is 0. The van der Waals surface area contributed by atoms with E-state index >= 15 is 0 Å². The molecule has 0 amide bonds. The molecule has 2 bridgehead atoms. The van der Waals surface area contributed by atoms with Crippen LogP contribution < -0.4 is 0 Å². The summed E-state index contributed by atoms with van der Waals surface area (Å²) in [6, 6.07) is 8.50. The molecule has 134 valence electrons. The normalized spacial score (nSPS) is 29.1. The Bertz CT molecular complexity index is 487. The van der Waals surface area contributed by atoms with E-state index in [0.717, 1.165) is 16.9 Å². The van der Waals surface area contributed by atoms with Gasteiger partial charge in [-0.15, -0.1) is 0 Å². The SMILES string of the molecule is CCCCCCC[N+]12CCC(CC1)C(CCc1ccc(Cl)cc1)C2. The van der Waals surface area contributed by atoms with Gasteiger partial charge >= 0.3 is 0 Å². The molecule has 1 nitrogen and oxygen atoms in total. The Labute approximate surface area is 154 Å². The highest BCUT2D eigenvalue weighted by atomic mass is 35.5. The number of benzene rings is 1. The van der Waals surface area contributed by atoms with Crippen LogP contribution in [-0.4, -0.2) is 30.7 Å². The van der Waals surface area contributed by atoms with Crippen molar-refractivity contribution in [3.8, 4) is 0 Å². The second kappa shape index (κ2) is 8.72. The zero-order chi connectivity index (χ0) is 16.8. The lowest BCUT2D eigenvalue weighted by Gasteiger charge is -2.53. The van der Waals surface area contributed by atoms with Gasteiger partial charge in [0.2, 0.25) is 0 Å². The third kappa shape index (κ3) is 4.76. The van der Waals surface area contributed by atoms with E-state index in [1.165, 1.54) is 94.0 Å². The van der Waals surface area contributed by atoms with Crippen LogP contribution in [0.2, 0.25) is 5.02 Å². The highest BCUT2D eigenvalue weighted by Crippen LogP contribution is 2.40. The first kappa shape index (κ1) is 18.3. The number of quaternary nitrogens is 1. The number of fused-ring (bicyclic) bond motifs is 3. The molecule has 2 heteroatoms. The third-order valence-corrected chi connectivity index (χ3v) is 6.94. The quantitative estimate of drug-likeness (QED) is 0.373. The van der Waals surface area contributed by atoms with Gasteiger partial charge in [0, 0.05) is 23.8 Å². The maximum Gasteiger partial charge on any atom is 0.0818 e. The molecule has 3 heterocycles. The van der Waals surface area contributed by atoms with Gasteiger partial charge in [0.25, 0.3) is 0 Å². The van der Waals surface area contributed by atoms with Gasteiger partial charge in [0.05, 0.1) is 26.2 Å². The molecular formula is C22H35ClN+. The van der Waals surface area contributed by atoms with Crippen LogP contribution in [-0.2, 0) is 6.42 Å². The van der Waals surface area contributed by atoms with Gasteiger partial charge < -0.3 is 4.48 Å². The van der Waals surface area contributed by atoms with E-state index in [1.54, 1.807) is 0 Å². The van der Waals surface area contributed by atoms with Gasteiger partial charge in [-0.3, -0.25) is 0 Å². The smallest absolute Gasteiger partial charge is 0.0818 e. The van der Waals surface area contributed by atoms with Crippen molar-refractivity contribution in [3.05, 3.63) is 34.9 Å². The maximum atomic E-state index is 6.01. The van der Waals surface area contributed by atoms with Crippen molar-refractivity contribution < 1.29 is 4.48 Å². The lowest BCUT2D eigenvalue weighted by atomic mass is 9.74. The maximum absolute atomic E-state index is 6.01. The van der Waals surface area contributed by atoms with Crippen molar-refractivity contribution in [2.24, 2.45) is 11.8 Å². The molecule has 0 aromatic heterocycles. The summed E-state index contributed by atoms with van der Waals surface area (Å²) in [5, 5.41) is 0.856. The highest BCUT2D eigenvalue weighted by molar-refractivity contribution is 6.30. The lowest BCUT2D eigenvalue weighted by Crippen LogP contribution is -2.62. The predicted octanol–water partition coefficient (Wildman–Crippen LogP) is 6.10. The fourth-order valence-corrected chi connectivity index (χ4v) is 5.26. The molecule has 1 aromatic rings. The van der Waals surface area contributed by atoms with Crippen LogP contribution >= 0.6 is 11.6 Å². The van der Waals surface area contributed by atoms with E-state index in [4.69, 9.17) is 11.6 Å². The molecule has 0 spiro atoms. The number of aryl methyl sites for hydroxylation is 1. The summed E-state index contributed by atoms with van der Waals surface area (Å²) < 4.78 is 1.45. The topological polar surface area (TPSA) is 0 Å². The molecule has 3 aliphatic rings. The van der Waals surface area contributed by atoms with Crippen molar-refractivity contribution in [2.75, 3.05) is 26.2 Å². The summed E-state index contributed by atoms with van der Waals surface area (Å²) >= 11 is 6.01. The molecular weight excluding hydrogens is 314 g/mol. The Morgan fingerprint density at radius 2 is 1.71 bits per heavy atom. The van der Waals surface area contributed by atoms with E-state index in [1.807, 2.05) is 12.1 Å². The van der Waals surface area contributed by atoms with E-state index in [0.29, 0.717) is 0 Å². The molecule has 0 radical (unpaired) electrons. The van der Waals surface area contributed by atoms with Gasteiger partial charge in [-0.2, -0.15) is 0 Å². The van der Waals surface area contributed by atoms with Crippen LogP contribution in [0.3, 0.4) is 0 Å². The van der Waals surface area contributed by atoms with Crippen LogP contribution in [0.1, 0.15) is 63.9 Å². The van der Waals surface area contributed by atoms with E-state index in [2.05, 4.69) is 19.1 Å². The molecule has 3 saturated heterocycles. The van der Waals surface area contributed by atoms with Gasteiger partial charge in [-0.25, -0.2) is 0 Å². The van der Waals surface area contributed by atoms with Gasteiger partial charge in [0.1, 0.15) is 0 Å². The minimum atomic E-state index is 0.856. The average molecular weight is 349 g/mol. The van der Waals surface area contributed by atoms with E-state index in [-0.39, 0.29) is 0 Å². The van der Waals surface area contributed by atoms with Gasteiger partial charge in [-0.1, -0.05) is 49.9 Å². The van der Waals surface area contributed by atoms with Gasteiger partial charge in [0.15, 0.2) is 0 Å². The molecule has 3 fully saturated rings. The van der Waals surface area contributed by atoms with E-state index in [9.17, 15) is 0 Å². The number of unbranched alkanes of at least 4 members (excludes halogenated alkanes) is 4. The fourth-order valence-electron chi connectivity index (χ4n) is 5.13. The standard InChI is InChI=1S/C22H35ClN/c1-2-3-4-5-6-15-24-16-13-20(14-17-24)21(18-24)10-7-19-8-11-22(23)12-9-19/h8-9,11-12,20-21H,2-7,10,13-18H2,1H3/q+1. The van der Waals surface area contributed by atoms with Crippen LogP contribution in [0, 0.1) is 11.8 Å². The minimum Gasteiger partial charge on any atom is -0.323 e. The number of hydrogen-bond donors (Lipinski definition) is 0. The summed E-state index contributed by atoms with van der Waals surface area (Å²) in [4.78, 5) is 0. The third-order valence-electron chi connectivity index (χ3n) is 6.69. The Kier molecular flexibility index (Phi) is 6.63. The summed E-state index contributed by atoms with van der Waals surface area (Å²) in [6.45, 7) is 8.16. The Hall–Kier alpha value is -0.530. The van der Waals surface area contributed by atoms with Crippen molar-refractivity contribution >= 4 is 11.6 Å². The Morgan fingerprint density at radius 1 is 1.00 bits per heavy atom. The Balaban J connectivity index is 1.47. The summed E-state index contributed by atoms with van der Waals surface area (Å²) in [6.07, 6.45) is 12.7. The average Bonchev–Trinajstić information content (AvgIpc) is 2.62. The largest absolute Gasteiger partial charge is 0.323 e.